The molecule has 8 nitrogen and oxygen atoms in total. The van der Waals surface area contributed by atoms with Crippen molar-refractivity contribution in [1.82, 2.24) is 0 Å². The maximum atomic E-state index is 12.7. The summed E-state index contributed by atoms with van der Waals surface area (Å²) >= 11 is 0. The molecular weight excluding hydrogens is 347 g/mol. The molecule has 11 heteroatoms. The van der Waals surface area contributed by atoms with Gasteiger partial charge in [0.05, 0.1) is 21.5 Å². The van der Waals surface area contributed by atoms with Crippen molar-refractivity contribution in [3.05, 3.63) is 73.8 Å². The normalized spacial score (nSPS) is 11.0. The van der Waals surface area contributed by atoms with E-state index in [1.165, 1.54) is 6.07 Å². The van der Waals surface area contributed by atoms with Crippen LogP contribution in [0.1, 0.15) is 15.9 Å². The van der Waals surface area contributed by atoms with E-state index in [0.717, 1.165) is 24.3 Å². The van der Waals surface area contributed by atoms with Crippen molar-refractivity contribution in [1.29, 1.82) is 0 Å². The summed E-state index contributed by atoms with van der Waals surface area (Å²) in [6, 6.07) is 6.03. The van der Waals surface area contributed by atoms with Crippen LogP contribution in [0.5, 0.6) is 0 Å². The highest BCUT2D eigenvalue weighted by atomic mass is 19.4. The second-order valence-electron chi connectivity index (χ2n) is 4.75. The first-order chi connectivity index (χ1) is 11.6. The fourth-order valence-electron chi connectivity index (χ4n) is 1.95. The number of hydrogen-bond acceptors (Lipinski definition) is 5. The van der Waals surface area contributed by atoms with Crippen LogP contribution in [0.2, 0.25) is 0 Å². The van der Waals surface area contributed by atoms with Gasteiger partial charge in [0.2, 0.25) is 0 Å². The Labute approximate surface area is 137 Å². The Morgan fingerprint density at radius 3 is 2.24 bits per heavy atom. The average molecular weight is 355 g/mol. The van der Waals surface area contributed by atoms with E-state index in [4.69, 9.17) is 0 Å². The molecule has 130 valence electrons. The van der Waals surface area contributed by atoms with Crippen LogP contribution in [-0.2, 0) is 6.18 Å². The highest BCUT2D eigenvalue weighted by Crippen LogP contribution is 2.31. The van der Waals surface area contributed by atoms with Gasteiger partial charge in [-0.1, -0.05) is 6.07 Å². The number of nitro benzene ring substituents is 2. The lowest BCUT2D eigenvalue weighted by atomic mass is 10.1. The fourth-order valence-corrected chi connectivity index (χ4v) is 1.95. The number of non-ortho nitro benzene ring substituents is 1. The smallest absolute Gasteiger partial charge is 0.322 e. The molecule has 1 N–H and O–H groups in total. The third-order valence-electron chi connectivity index (χ3n) is 3.08. The fraction of sp³-hybridized carbons (Fsp3) is 0.0714. The predicted octanol–water partition coefficient (Wildman–Crippen LogP) is 3.77. The molecule has 0 atom stereocenters. The number of nitro groups is 2. The molecular formula is C14H8F3N3O5. The molecule has 0 aromatic heterocycles. The first-order valence-corrected chi connectivity index (χ1v) is 6.51. The number of anilines is 1. The molecule has 2 aromatic rings. The van der Waals surface area contributed by atoms with E-state index in [1.807, 2.05) is 0 Å². The third kappa shape index (κ3) is 4.07. The quantitative estimate of drug-likeness (QED) is 0.662. The monoisotopic (exact) mass is 355 g/mol. The molecule has 0 aliphatic carbocycles. The first kappa shape index (κ1) is 17.8. The van der Waals surface area contributed by atoms with Crippen LogP contribution in [0, 0.1) is 20.2 Å². The van der Waals surface area contributed by atoms with Gasteiger partial charge in [-0.2, -0.15) is 13.2 Å². The molecule has 0 aliphatic heterocycles. The first-order valence-electron chi connectivity index (χ1n) is 6.51. The van der Waals surface area contributed by atoms with Gasteiger partial charge in [-0.3, -0.25) is 25.0 Å². The molecule has 0 fully saturated rings. The summed E-state index contributed by atoms with van der Waals surface area (Å²) in [7, 11) is 0. The van der Waals surface area contributed by atoms with Gasteiger partial charge in [0.25, 0.3) is 17.3 Å². The lowest BCUT2D eigenvalue weighted by molar-refractivity contribution is -0.394. The third-order valence-corrected chi connectivity index (χ3v) is 3.08. The SMILES string of the molecule is O=C(Nc1cccc(C(F)(F)F)c1)c1ccc([N+](=O)[O-])cc1[N+](=O)[O-]. The number of amides is 1. The minimum atomic E-state index is -4.62. The maximum Gasteiger partial charge on any atom is 0.416 e. The Morgan fingerprint density at radius 2 is 1.68 bits per heavy atom. The van der Waals surface area contributed by atoms with Gasteiger partial charge >= 0.3 is 6.18 Å². The zero-order chi connectivity index (χ0) is 18.8. The van der Waals surface area contributed by atoms with Crippen molar-refractivity contribution in [3.8, 4) is 0 Å². The molecule has 0 heterocycles. The lowest BCUT2D eigenvalue weighted by Gasteiger charge is -2.10. The summed E-state index contributed by atoms with van der Waals surface area (Å²) < 4.78 is 38.0. The molecule has 0 aliphatic rings. The second kappa shape index (κ2) is 6.55. The molecule has 2 aromatic carbocycles. The molecule has 0 unspecified atom stereocenters. The molecule has 0 saturated heterocycles. The number of carbonyl (C=O) groups is 1. The van der Waals surface area contributed by atoms with E-state index in [9.17, 15) is 38.2 Å². The van der Waals surface area contributed by atoms with Gasteiger partial charge in [-0.05, 0) is 24.3 Å². The molecule has 0 bridgehead atoms. The van der Waals surface area contributed by atoms with E-state index >= 15 is 0 Å². The van der Waals surface area contributed by atoms with Crippen molar-refractivity contribution in [2.24, 2.45) is 0 Å². The maximum absolute atomic E-state index is 12.7. The van der Waals surface area contributed by atoms with Gasteiger partial charge < -0.3 is 5.32 Å². The van der Waals surface area contributed by atoms with Crippen molar-refractivity contribution in [2.45, 2.75) is 6.18 Å². The number of hydrogen-bond donors (Lipinski definition) is 1. The van der Waals surface area contributed by atoms with E-state index in [2.05, 4.69) is 5.32 Å². The van der Waals surface area contributed by atoms with Crippen LogP contribution in [-0.4, -0.2) is 15.8 Å². The zero-order valence-corrected chi connectivity index (χ0v) is 12.1. The summed E-state index contributed by atoms with van der Waals surface area (Å²) in [6.07, 6.45) is -4.62. The van der Waals surface area contributed by atoms with E-state index in [-0.39, 0.29) is 5.69 Å². The highest BCUT2D eigenvalue weighted by Gasteiger charge is 2.31. The van der Waals surface area contributed by atoms with Crippen LogP contribution in [0.4, 0.5) is 30.2 Å². The van der Waals surface area contributed by atoms with Gasteiger partial charge in [-0.25, -0.2) is 0 Å². The van der Waals surface area contributed by atoms with Gasteiger partial charge in [0.15, 0.2) is 0 Å². The summed E-state index contributed by atoms with van der Waals surface area (Å²) in [5.41, 5.74) is -3.19. The Kier molecular flexibility index (Phi) is 4.68. The molecule has 0 spiro atoms. The topological polar surface area (TPSA) is 115 Å². The predicted molar refractivity (Wildman–Crippen MR) is 79.1 cm³/mol. The number of rotatable bonds is 4. The highest BCUT2D eigenvalue weighted by molar-refractivity contribution is 6.07. The lowest BCUT2D eigenvalue weighted by Crippen LogP contribution is -2.15. The standard InChI is InChI=1S/C14H8F3N3O5/c15-14(16,17)8-2-1-3-9(6-8)18-13(21)11-5-4-10(19(22)23)7-12(11)20(24)25/h1-7H,(H,18,21). The number of alkyl halides is 3. The number of nitrogens with zero attached hydrogens (tertiary/aromatic N) is 2. The van der Waals surface area contributed by atoms with Gasteiger partial charge in [0.1, 0.15) is 5.56 Å². The Morgan fingerprint density at radius 1 is 1.00 bits per heavy atom. The van der Waals surface area contributed by atoms with Crippen molar-refractivity contribution in [3.63, 3.8) is 0 Å². The van der Waals surface area contributed by atoms with Crippen LogP contribution in [0.15, 0.2) is 42.5 Å². The minimum absolute atomic E-state index is 0.229. The molecule has 0 radical (unpaired) electrons. The second-order valence-corrected chi connectivity index (χ2v) is 4.75. The molecule has 0 saturated carbocycles. The van der Waals surface area contributed by atoms with E-state index in [0.29, 0.717) is 12.1 Å². The minimum Gasteiger partial charge on any atom is -0.322 e. The van der Waals surface area contributed by atoms with Crippen molar-refractivity contribution < 1.29 is 27.8 Å². The molecule has 25 heavy (non-hydrogen) atoms. The van der Waals surface area contributed by atoms with Gasteiger partial charge in [-0.15, -0.1) is 0 Å². The summed E-state index contributed by atoms with van der Waals surface area (Å²) in [5.74, 6) is -1.07. The average Bonchev–Trinajstić information content (AvgIpc) is 2.53. The Hall–Kier alpha value is -3.50. The van der Waals surface area contributed by atoms with Crippen LogP contribution >= 0.6 is 0 Å². The van der Waals surface area contributed by atoms with Gasteiger partial charge in [0, 0.05) is 11.8 Å². The largest absolute Gasteiger partial charge is 0.416 e. The van der Waals surface area contributed by atoms with Crippen molar-refractivity contribution >= 4 is 23.0 Å². The number of benzene rings is 2. The van der Waals surface area contributed by atoms with Crippen LogP contribution in [0.3, 0.4) is 0 Å². The summed E-state index contributed by atoms with van der Waals surface area (Å²) in [6.45, 7) is 0. The Bertz CT molecular complexity index is 867. The Balaban J connectivity index is 2.36. The molecule has 2 rings (SSSR count). The van der Waals surface area contributed by atoms with E-state index < -0.39 is 44.4 Å². The van der Waals surface area contributed by atoms with E-state index in [1.54, 1.807) is 0 Å². The van der Waals surface area contributed by atoms with Crippen LogP contribution < -0.4 is 5.32 Å². The number of carbonyl (C=O) groups excluding carboxylic acids is 1. The summed E-state index contributed by atoms with van der Waals surface area (Å²) in [5, 5.41) is 23.7. The summed E-state index contributed by atoms with van der Waals surface area (Å²) in [4.78, 5) is 31.9. The molecule has 1 amide bonds. The number of nitrogens with one attached hydrogen (secondary N) is 1. The zero-order valence-electron chi connectivity index (χ0n) is 12.1. The van der Waals surface area contributed by atoms with Crippen molar-refractivity contribution in [2.75, 3.05) is 5.32 Å². The van der Waals surface area contributed by atoms with Crippen LogP contribution in [0.25, 0.3) is 0 Å². The number of halogens is 3.